The molecule has 0 aromatic rings. The van der Waals surface area contributed by atoms with Crippen LogP contribution in [0.4, 0.5) is 0 Å². The normalized spacial score (nSPS) is 25.6. The number of hydrogen-bond acceptors (Lipinski definition) is 2. The molecular weight excluding hydrogens is 198 g/mol. The third kappa shape index (κ3) is 3.24. The molecule has 0 amide bonds. The molecule has 1 aliphatic rings. The molecule has 1 fully saturated rings. The predicted octanol–water partition coefficient (Wildman–Crippen LogP) is 1.85. The molecule has 1 rings (SSSR count). The van der Waals surface area contributed by atoms with Gasteiger partial charge in [0.15, 0.2) is 0 Å². The zero-order valence-corrected chi connectivity index (χ0v) is 10.4. The van der Waals surface area contributed by atoms with Crippen LogP contribution in [0.1, 0.15) is 40.0 Å². The van der Waals surface area contributed by atoms with Gasteiger partial charge in [-0.3, -0.25) is 0 Å². The van der Waals surface area contributed by atoms with Crippen molar-refractivity contribution in [2.45, 2.75) is 46.1 Å². The molecule has 0 spiro atoms. The van der Waals surface area contributed by atoms with Crippen LogP contribution in [0, 0.1) is 5.41 Å². The summed E-state index contributed by atoms with van der Waals surface area (Å²) >= 11 is 0. The summed E-state index contributed by atoms with van der Waals surface area (Å²) in [5.74, 6) is 0. The van der Waals surface area contributed by atoms with E-state index in [9.17, 15) is 8.42 Å². The second kappa shape index (κ2) is 3.81. The molecule has 0 bridgehead atoms. The highest BCUT2D eigenvalue weighted by atomic mass is 32.2. The number of sulfonamides is 1. The average Bonchev–Trinajstić information content (AvgIpc) is 2.29. The first-order valence-electron chi connectivity index (χ1n) is 5.17. The van der Waals surface area contributed by atoms with Crippen LogP contribution in [0.2, 0.25) is 0 Å². The van der Waals surface area contributed by atoms with Crippen molar-refractivity contribution in [3.8, 4) is 0 Å². The Bertz CT molecular complexity index is 290. The number of hydrogen-bond donors (Lipinski definition) is 0. The molecular formula is C10H21NO2S. The maximum Gasteiger partial charge on any atom is 0.211 e. The van der Waals surface area contributed by atoms with E-state index in [1.54, 1.807) is 4.31 Å². The van der Waals surface area contributed by atoms with E-state index in [1.165, 1.54) is 6.26 Å². The van der Waals surface area contributed by atoms with Gasteiger partial charge >= 0.3 is 0 Å². The van der Waals surface area contributed by atoms with E-state index < -0.39 is 10.0 Å². The SMILES string of the molecule is CC(C)(C)CC1CCCN1S(C)(=O)=O. The molecule has 0 aromatic carbocycles. The third-order valence-electron chi connectivity index (χ3n) is 2.60. The van der Waals surface area contributed by atoms with Gasteiger partial charge in [0, 0.05) is 12.6 Å². The summed E-state index contributed by atoms with van der Waals surface area (Å²) < 4.78 is 24.6. The molecule has 3 nitrogen and oxygen atoms in total. The van der Waals surface area contributed by atoms with E-state index in [0.717, 1.165) is 19.3 Å². The fourth-order valence-corrected chi connectivity index (χ4v) is 3.34. The molecule has 1 aliphatic heterocycles. The van der Waals surface area contributed by atoms with Crippen LogP contribution in [-0.2, 0) is 10.0 Å². The van der Waals surface area contributed by atoms with Gasteiger partial charge in [-0.15, -0.1) is 0 Å². The first-order chi connectivity index (χ1) is 6.20. The quantitative estimate of drug-likeness (QED) is 0.710. The number of rotatable bonds is 2. The monoisotopic (exact) mass is 219 g/mol. The molecule has 4 heteroatoms. The van der Waals surface area contributed by atoms with Crippen molar-refractivity contribution in [1.29, 1.82) is 0 Å². The molecule has 0 aromatic heterocycles. The van der Waals surface area contributed by atoms with Gasteiger partial charge in [0.25, 0.3) is 0 Å². The first kappa shape index (κ1) is 12.0. The van der Waals surface area contributed by atoms with Crippen molar-refractivity contribution >= 4 is 10.0 Å². The lowest BCUT2D eigenvalue weighted by molar-refractivity contribution is 0.268. The summed E-state index contributed by atoms with van der Waals surface area (Å²) in [4.78, 5) is 0. The molecule has 14 heavy (non-hydrogen) atoms. The van der Waals surface area contributed by atoms with Crippen molar-refractivity contribution < 1.29 is 8.42 Å². The van der Waals surface area contributed by atoms with Gasteiger partial charge in [-0.25, -0.2) is 8.42 Å². The molecule has 84 valence electrons. The maximum atomic E-state index is 11.5. The Morgan fingerprint density at radius 3 is 2.36 bits per heavy atom. The summed E-state index contributed by atoms with van der Waals surface area (Å²) in [6.07, 6.45) is 4.30. The highest BCUT2D eigenvalue weighted by molar-refractivity contribution is 7.88. The van der Waals surface area contributed by atoms with Crippen LogP contribution < -0.4 is 0 Å². The molecule has 0 N–H and O–H groups in total. The lowest BCUT2D eigenvalue weighted by Crippen LogP contribution is -2.36. The molecule has 0 aliphatic carbocycles. The second-order valence-electron chi connectivity index (χ2n) is 5.43. The van der Waals surface area contributed by atoms with E-state index >= 15 is 0 Å². The average molecular weight is 219 g/mol. The van der Waals surface area contributed by atoms with E-state index in [4.69, 9.17) is 0 Å². The molecule has 1 atom stereocenters. The van der Waals surface area contributed by atoms with Gasteiger partial charge in [0.05, 0.1) is 6.26 Å². The number of nitrogens with zero attached hydrogens (tertiary/aromatic N) is 1. The molecule has 1 saturated heterocycles. The zero-order valence-electron chi connectivity index (χ0n) is 9.58. The highest BCUT2D eigenvalue weighted by Crippen LogP contribution is 2.30. The van der Waals surface area contributed by atoms with Gasteiger partial charge in [-0.2, -0.15) is 4.31 Å². The predicted molar refractivity (Wildman–Crippen MR) is 58.6 cm³/mol. The molecule has 1 unspecified atom stereocenters. The van der Waals surface area contributed by atoms with Crippen molar-refractivity contribution in [3.63, 3.8) is 0 Å². The second-order valence-corrected chi connectivity index (χ2v) is 7.37. The van der Waals surface area contributed by atoms with E-state index in [0.29, 0.717) is 6.54 Å². The standard InChI is InChI=1S/C10H21NO2S/c1-10(2,3)8-9-6-5-7-11(9)14(4,12)13/h9H,5-8H2,1-4H3. The summed E-state index contributed by atoms with van der Waals surface area (Å²) in [5.41, 5.74) is 0.206. The Morgan fingerprint density at radius 1 is 1.36 bits per heavy atom. The van der Waals surface area contributed by atoms with E-state index in [-0.39, 0.29) is 11.5 Å². The van der Waals surface area contributed by atoms with E-state index in [1.807, 2.05) is 0 Å². The van der Waals surface area contributed by atoms with Gasteiger partial charge in [-0.1, -0.05) is 20.8 Å². The molecule has 1 heterocycles. The Balaban J connectivity index is 2.71. The Morgan fingerprint density at radius 2 is 1.93 bits per heavy atom. The van der Waals surface area contributed by atoms with Crippen LogP contribution in [0.3, 0.4) is 0 Å². The van der Waals surface area contributed by atoms with Crippen LogP contribution in [0.15, 0.2) is 0 Å². The summed E-state index contributed by atoms with van der Waals surface area (Å²) in [5, 5.41) is 0. The first-order valence-corrected chi connectivity index (χ1v) is 7.02. The topological polar surface area (TPSA) is 37.4 Å². The Hall–Kier alpha value is -0.0900. The fraction of sp³-hybridized carbons (Fsp3) is 1.00. The minimum Gasteiger partial charge on any atom is -0.212 e. The van der Waals surface area contributed by atoms with Gasteiger partial charge in [-0.05, 0) is 24.7 Å². The van der Waals surface area contributed by atoms with Crippen LogP contribution in [0.5, 0.6) is 0 Å². The van der Waals surface area contributed by atoms with Crippen LogP contribution in [-0.4, -0.2) is 31.6 Å². The summed E-state index contributed by atoms with van der Waals surface area (Å²) in [7, 11) is -2.99. The van der Waals surface area contributed by atoms with Crippen molar-refractivity contribution in [2.75, 3.05) is 12.8 Å². The van der Waals surface area contributed by atoms with E-state index in [2.05, 4.69) is 20.8 Å². The highest BCUT2D eigenvalue weighted by Gasteiger charge is 2.33. The largest absolute Gasteiger partial charge is 0.212 e. The van der Waals surface area contributed by atoms with Gasteiger partial charge in [0.1, 0.15) is 0 Å². The molecule has 0 saturated carbocycles. The Labute approximate surface area is 87.5 Å². The van der Waals surface area contributed by atoms with Crippen LogP contribution >= 0.6 is 0 Å². The minimum absolute atomic E-state index is 0.206. The van der Waals surface area contributed by atoms with Gasteiger partial charge in [0.2, 0.25) is 10.0 Å². The summed E-state index contributed by atoms with van der Waals surface area (Å²) in [6.45, 7) is 7.18. The Kier molecular flexibility index (Phi) is 3.26. The van der Waals surface area contributed by atoms with Gasteiger partial charge < -0.3 is 0 Å². The van der Waals surface area contributed by atoms with Crippen molar-refractivity contribution in [3.05, 3.63) is 0 Å². The zero-order chi connectivity index (χ0) is 11.0. The third-order valence-corrected chi connectivity index (χ3v) is 3.93. The lowest BCUT2D eigenvalue weighted by Gasteiger charge is -2.28. The minimum atomic E-state index is -2.99. The smallest absolute Gasteiger partial charge is 0.211 e. The fourth-order valence-electron chi connectivity index (χ4n) is 2.16. The summed E-state index contributed by atoms with van der Waals surface area (Å²) in [6, 6.07) is 0.227. The van der Waals surface area contributed by atoms with Crippen molar-refractivity contribution in [2.24, 2.45) is 5.41 Å². The maximum absolute atomic E-state index is 11.5. The molecule has 0 radical (unpaired) electrons. The van der Waals surface area contributed by atoms with Crippen LogP contribution in [0.25, 0.3) is 0 Å². The lowest BCUT2D eigenvalue weighted by atomic mass is 9.88. The van der Waals surface area contributed by atoms with Crippen molar-refractivity contribution in [1.82, 2.24) is 4.31 Å².